The molecule has 0 spiro atoms. The minimum Gasteiger partial charge on any atom is -0.278 e. The van der Waals surface area contributed by atoms with Crippen LogP contribution in [0.15, 0.2) is 200 Å². The number of para-hydroxylation sites is 1. The lowest BCUT2D eigenvalue weighted by Crippen LogP contribution is -2.04. The van der Waals surface area contributed by atoms with Crippen molar-refractivity contribution in [1.82, 2.24) is 14.5 Å². The summed E-state index contributed by atoms with van der Waals surface area (Å²) >= 11 is 0. The molecule has 0 aliphatic heterocycles. The molecule has 0 saturated carbocycles. The highest BCUT2D eigenvalue weighted by atomic mass is 15.2. The fourth-order valence-electron chi connectivity index (χ4n) is 9.39. The third-order valence-electron chi connectivity index (χ3n) is 11.7. The molecule has 0 radical (unpaired) electrons. The van der Waals surface area contributed by atoms with Crippen molar-refractivity contribution in [3.05, 3.63) is 200 Å². The topological polar surface area (TPSA) is 30.7 Å². The molecule has 264 valence electrons. The van der Waals surface area contributed by atoms with Gasteiger partial charge in [0.1, 0.15) is 0 Å². The van der Waals surface area contributed by atoms with Crippen molar-refractivity contribution in [2.45, 2.75) is 0 Å². The summed E-state index contributed by atoms with van der Waals surface area (Å²) in [5.74, 6) is 0.647. The van der Waals surface area contributed by atoms with Crippen LogP contribution in [0.2, 0.25) is 0 Å². The Morgan fingerprint density at radius 2 is 0.754 bits per heavy atom. The van der Waals surface area contributed by atoms with Gasteiger partial charge in [-0.2, -0.15) is 0 Å². The molecule has 0 N–H and O–H groups in total. The monoisotopic (exact) mass is 723 g/mol. The summed E-state index contributed by atoms with van der Waals surface area (Å²) in [6, 6.07) is 71.9. The molecular weight excluding hydrogens is 691 g/mol. The number of hydrogen-bond donors (Lipinski definition) is 0. The van der Waals surface area contributed by atoms with Crippen LogP contribution >= 0.6 is 0 Å². The van der Waals surface area contributed by atoms with Gasteiger partial charge in [0.2, 0.25) is 5.95 Å². The van der Waals surface area contributed by atoms with Crippen LogP contribution in [0.5, 0.6) is 0 Å². The molecule has 3 heteroatoms. The molecule has 57 heavy (non-hydrogen) atoms. The summed E-state index contributed by atoms with van der Waals surface area (Å²) in [5.41, 5.74) is 16.0. The van der Waals surface area contributed by atoms with Gasteiger partial charge in [0, 0.05) is 21.9 Å². The molecule has 0 saturated heterocycles. The van der Waals surface area contributed by atoms with Crippen molar-refractivity contribution in [1.29, 1.82) is 0 Å². The third kappa shape index (κ3) is 4.73. The minimum absolute atomic E-state index is 0.647. The standard InChI is InChI=1S/C54H33N3/c1-5-18-34(19-6-1)44-33-45(35-20-7-2-8-21-35)56-54(55-44)57-46-31-16-15-28-40(46)51-41-29-17-30-42-50(41)43(32-47(51)57)53-49(37-24-11-4-12-25-37)39-27-14-13-26-38(39)48(52(42)53)36-22-9-3-10-23-36/h1-33H. The van der Waals surface area contributed by atoms with Crippen LogP contribution in [0.4, 0.5) is 0 Å². The average molecular weight is 724 g/mol. The first-order chi connectivity index (χ1) is 28.3. The van der Waals surface area contributed by atoms with Crippen molar-refractivity contribution in [3.8, 4) is 73.0 Å². The maximum absolute atomic E-state index is 5.38. The first-order valence-corrected chi connectivity index (χ1v) is 19.5. The number of benzene rings is 9. The molecule has 0 amide bonds. The van der Waals surface area contributed by atoms with Crippen molar-refractivity contribution < 1.29 is 0 Å². The van der Waals surface area contributed by atoms with E-state index in [9.17, 15) is 0 Å². The van der Waals surface area contributed by atoms with Crippen LogP contribution in [0.25, 0.3) is 116 Å². The second-order valence-electron chi connectivity index (χ2n) is 14.8. The summed E-state index contributed by atoms with van der Waals surface area (Å²) in [4.78, 5) is 10.8. The summed E-state index contributed by atoms with van der Waals surface area (Å²) in [7, 11) is 0. The Balaban J connectivity index is 1.25. The lowest BCUT2D eigenvalue weighted by atomic mass is 9.82. The van der Waals surface area contributed by atoms with E-state index < -0.39 is 0 Å². The maximum atomic E-state index is 5.38. The van der Waals surface area contributed by atoms with E-state index in [1.165, 1.54) is 76.8 Å². The second-order valence-corrected chi connectivity index (χ2v) is 14.8. The first-order valence-electron chi connectivity index (χ1n) is 19.5. The predicted molar refractivity (Wildman–Crippen MR) is 238 cm³/mol. The Bertz CT molecular complexity index is 3310. The third-order valence-corrected chi connectivity index (χ3v) is 11.7. The van der Waals surface area contributed by atoms with Gasteiger partial charge in [0.25, 0.3) is 0 Å². The normalized spacial score (nSPS) is 11.9. The zero-order valence-electron chi connectivity index (χ0n) is 30.9. The van der Waals surface area contributed by atoms with E-state index in [1.54, 1.807) is 0 Å². The predicted octanol–water partition coefficient (Wildman–Crippen LogP) is 14.2. The van der Waals surface area contributed by atoms with Crippen LogP contribution in [0, 0.1) is 0 Å². The van der Waals surface area contributed by atoms with E-state index >= 15 is 0 Å². The summed E-state index contributed by atoms with van der Waals surface area (Å²) in [6.07, 6.45) is 0. The Morgan fingerprint density at radius 3 is 1.32 bits per heavy atom. The molecule has 3 nitrogen and oxygen atoms in total. The highest BCUT2D eigenvalue weighted by Crippen LogP contribution is 2.59. The van der Waals surface area contributed by atoms with Crippen LogP contribution in [-0.2, 0) is 0 Å². The molecule has 2 heterocycles. The number of fused-ring (bicyclic) bond motifs is 8. The molecule has 0 bridgehead atoms. The molecule has 0 unspecified atom stereocenters. The molecule has 9 aromatic carbocycles. The lowest BCUT2D eigenvalue weighted by Gasteiger charge is -2.20. The van der Waals surface area contributed by atoms with Crippen LogP contribution in [0.1, 0.15) is 0 Å². The minimum atomic E-state index is 0.647. The maximum Gasteiger partial charge on any atom is 0.235 e. The van der Waals surface area contributed by atoms with Gasteiger partial charge in [-0.05, 0) is 84.3 Å². The first kappa shape index (κ1) is 31.7. The van der Waals surface area contributed by atoms with E-state index in [1.807, 2.05) is 12.1 Å². The molecule has 0 fully saturated rings. The summed E-state index contributed by atoms with van der Waals surface area (Å²) < 4.78 is 2.30. The Morgan fingerprint density at radius 1 is 0.298 bits per heavy atom. The smallest absolute Gasteiger partial charge is 0.235 e. The lowest BCUT2D eigenvalue weighted by molar-refractivity contribution is 0.996. The molecule has 0 atom stereocenters. The fraction of sp³-hybridized carbons (Fsp3) is 0. The summed E-state index contributed by atoms with van der Waals surface area (Å²) in [5, 5.41) is 7.41. The number of hydrogen-bond acceptors (Lipinski definition) is 2. The average Bonchev–Trinajstić information content (AvgIpc) is 3.80. The van der Waals surface area contributed by atoms with Crippen molar-refractivity contribution in [2.24, 2.45) is 0 Å². The van der Waals surface area contributed by atoms with Gasteiger partial charge in [0.05, 0.1) is 22.4 Å². The zero-order valence-corrected chi connectivity index (χ0v) is 30.9. The van der Waals surface area contributed by atoms with Gasteiger partial charge in [-0.25, -0.2) is 9.97 Å². The molecule has 12 rings (SSSR count). The molecule has 1 aliphatic rings. The van der Waals surface area contributed by atoms with Gasteiger partial charge in [-0.1, -0.05) is 182 Å². The van der Waals surface area contributed by atoms with Crippen LogP contribution < -0.4 is 0 Å². The van der Waals surface area contributed by atoms with Gasteiger partial charge in [-0.3, -0.25) is 4.57 Å². The molecule has 2 aromatic heterocycles. The van der Waals surface area contributed by atoms with E-state index in [0.717, 1.165) is 33.5 Å². The van der Waals surface area contributed by atoms with E-state index in [4.69, 9.17) is 9.97 Å². The molecule has 1 aliphatic carbocycles. The number of rotatable bonds is 5. The Kier molecular flexibility index (Phi) is 6.93. The van der Waals surface area contributed by atoms with Gasteiger partial charge in [0.15, 0.2) is 0 Å². The largest absolute Gasteiger partial charge is 0.278 e. The van der Waals surface area contributed by atoms with Gasteiger partial charge < -0.3 is 0 Å². The Hall–Kier alpha value is -7.62. The number of aromatic nitrogens is 3. The highest BCUT2D eigenvalue weighted by Gasteiger charge is 2.32. The summed E-state index contributed by atoms with van der Waals surface area (Å²) in [6.45, 7) is 0. The highest BCUT2D eigenvalue weighted by molar-refractivity contribution is 6.33. The van der Waals surface area contributed by atoms with Crippen LogP contribution in [-0.4, -0.2) is 14.5 Å². The van der Waals surface area contributed by atoms with Crippen molar-refractivity contribution in [2.75, 3.05) is 0 Å². The van der Waals surface area contributed by atoms with E-state index in [-0.39, 0.29) is 0 Å². The number of nitrogens with zero attached hydrogens (tertiary/aromatic N) is 3. The molecule has 11 aromatic rings. The van der Waals surface area contributed by atoms with Crippen molar-refractivity contribution >= 4 is 43.4 Å². The van der Waals surface area contributed by atoms with Crippen LogP contribution in [0.3, 0.4) is 0 Å². The van der Waals surface area contributed by atoms with Crippen molar-refractivity contribution in [3.63, 3.8) is 0 Å². The SMILES string of the molecule is c1ccc(-c2cc(-c3ccccc3)nc(-n3c4ccccc4c4c5cccc6c5c(cc43)-c3c-6c(-c4ccccc4)c4ccccc4c3-c3ccccc3)n2)cc1. The molecular formula is C54H33N3. The Labute approximate surface area is 329 Å². The van der Waals surface area contributed by atoms with Gasteiger partial charge >= 0.3 is 0 Å². The zero-order chi connectivity index (χ0) is 37.5. The van der Waals surface area contributed by atoms with E-state index in [0.29, 0.717) is 5.95 Å². The van der Waals surface area contributed by atoms with Gasteiger partial charge in [-0.15, -0.1) is 0 Å². The second kappa shape index (κ2) is 12.5. The quantitative estimate of drug-likeness (QED) is 0.177. The van der Waals surface area contributed by atoms with E-state index in [2.05, 4.69) is 193 Å². The fourth-order valence-corrected chi connectivity index (χ4v) is 9.39.